The molecule has 1 aromatic heterocycles. The second kappa shape index (κ2) is 9.12. The number of hydrogen-bond donors (Lipinski definition) is 1. The fraction of sp³-hybridized carbons (Fsp3) is 0.727. The van der Waals surface area contributed by atoms with Gasteiger partial charge in [-0.25, -0.2) is 0 Å². The highest BCUT2D eigenvalue weighted by Crippen LogP contribution is 2.25. The minimum absolute atomic E-state index is 0.102. The van der Waals surface area contributed by atoms with E-state index in [1.54, 1.807) is 0 Å². The molecule has 0 radical (unpaired) electrons. The summed E-state index contributed by atoms with van der Waals surface area (Å²) < 4.78 is 0. The van der Waals surface area contributed by atoms with Gasteiger partial charge in [0.2, 0.25) is 5.91 Å². The van der Waals surface area contributed by atoms with Gasteiger partial charge in [-0.1, -0.05) is 6.92 Å². The summed E-state index contributed by atoms with van der Waals surface area (Å²) in [7, 11) is 0. The van der Waals surface area contributed by atoms with Gasteiger partial charge in [0, 0.05) is 51.4 Å². The molecule has 1 aromatic rings. The molecule has 2 aliphatic rings. The Hall–Kier alpha value is -1.82. The lowest BCUT2D eigenvalue weighted by Gasteiger charge is -2.36. The van der Waals surface area contributed by atoms with Crippen molar-refractivity contribution >= 4 is 11.8 Å². The van der Waals surface area contributed by atoms with Crippen LogP contribution in [0.15, 0.2) is 0 Å². The van der Waals surface area contributed by atoms with E-state index in [9.17, 15) is 9.59 Å². The molecule has 2 amide bonds. The Balaban J connectivity index is 1.46. The van der Waals surface area contributed by atoms with Gasteiger partial charge in [-0.05, 0) is 63.6 Å². The van der Waals surface area contributed by atoms with E-state index in [-0.39, 0.29) is 5.91 Å². The zero-order valence-corrected chi connectivity index (χ0v) is 18.0. The van der Waals surface area contributed by atoms with Crippen molar-refractivity contribution in [3.05, 3.63) is 22.5 Å². The van der Waals surface area contributed by atoms with Crippen molar-refractivity contribution in [1.29, 1.82) is 0 Å². The third-order valence-electron chi connectivity index (χ3n) is 6.66. The van der Waals surface area contributed by atoms with Gasteiger partial charge in [0.05, 0.1) is 0 Å². The molecule has 28 heavy (non-hydrogen) atoms. The second-order valence-electron chi connectivity index (χ2n) is 8.54. The van der Waals surface area contributed by atoms with E-state index in [4.69, 9.17) is 0 Å². The smallest absolute Gasteiger partial charge is 0.270 e. The number of nitrogens with zero attached hydrogens (tertiary/aromatic N) is 3. The molecular formula is C22H36N4O2. The monoisotopic (exact) mass is 388 g/mol. The average molecular weight is 389 g/mol. The molecule has 6 nitrogen and oxygen atoms in total. The van der Waals surface area contributed by atoms with E-state index < -0.39 is 0 Å². The number of amides is 2. The number of piperazine rings is 1. The van der Waals surface area contributed by atoms with Crippen LogP contribution in [-0.2, 0) is 4.79 Å². The fourth-order valence-electron chi connectivity index (χ4n) is 4.47. The lowest BCUT2D eigenvalue weighted by Crippen LogP contribution is -2.49. The lowest BCUT2D eigenvalue weighted by molar-refractivity contribution is -0.134. The number of H-pyrrole nitrogens is 1. The van der Waals surface area contributed by atoms with Gasteiger partial charge < -0.3 is 14.8 Å². The highest BCUT2D eigenvalue weighted by molar-refractivity contribution is 5.94. The van der Waals surface area contributed by atoms with Crippen LogP contribution in [0.4, 0.5) is 0 Å². The van der Waals surface area contributed by atoms with Crippen LogP contribution in [0.25, 0.3) is 0 Å². The Bertz CT molecular complexity index is 696. The first kappa shape index (κ1) is 20.9. The minimum atomic E-state index is 0.102. The molecule has 6 heteroatoms. The van der Waals surface area contributed by atoms with E-state index in [1.165, 1.54) is 12.0 Å². The highest BCUT2D eigenvalue weighted by atomic mass is 16.2. The normalized spacial score (nSPS) is 19.3. The molecule has 2 saturated heterocycles. The summed E-state index contributed by atoms with van der Waals surface area (Å²) in [6.45, 7) is 14.6. The summed E-state index contributed by atoms with van der Waals surface area (Å²) in [5, 5.41) is 0. The first-order valence-electron chi connectivity index (χ1n) is 10.9. The predicted octanol–water partition coefficient (Wildman–Crippen LogP) is 2.74. The molecule has 2 aliphatic heterocycles. The van der Waals surface area contributed by atoms with E-state index in [1.807, 2.05) is 23.6 Å². The molecule has 0 spiro atoms. The number of nitrogens with one attached hydrogen (secondary N) is 1. The lowest BCUT2D eigenvalue weighted by atomic mass is 9.92. The molecule has 0 atom stereocenters. The summed E-state index contributed by atoms with van der Waals surface area (Å²) in [5.74, 6) is 0.802. The van der Waals surface area contributed by atoms with Crippen molar-refractivity contribution in [3.63, 3.8) is 0 Å². The van der Waals surface area contributed by atoms with Crippen LogP contribution in [0.2, 0.25) is 0 Å². The molecule has 0 unspecified atom stereocenters. The van der Waals surface area contributed by atoms with Gasteiger partial charge in [-0.15, -0.1) is 0 Å². The van der Waals surface area contributed by atoms with Crippen molar-refractivity contribution < 1.29 is 9.59 Å². The standard InChI is InChI=1S/C22H36N4O2/c1-5-8-24-11-13-25(14-12-24)20(27)15-19-6-9-26(10-7-19)22(28)21-17(3)16(2)18(4)23-21/h19,23H,5-15H2,1-4H3. The number of rotatable bonds is 5. The molecular weight excluding hydrogens is 352 g/mol. The van der Waals surface area contributed by atoms with Crippen LogP contribution in [0.3, 0.4) is 0 Å². The SMILES string of the molecule is CCCN1CCN(C(=O)CC2CCN(C(=O)c3[nH]c(C)c(C)c3C)CC2)CC1. The quantitative estimate of drug-likeness (QED) is 0.844. The summed E-state index contributed by atoms with van der Waals surface area (Å²) in [6.07, 6.45) is 3.65. The summed E-state index contributed by atoms with van der Waals surface area (Å²) in [6, 6.07) is 0. The molecule has 0 aliphatic carbocycles. The Labute approximate surface area is 169 Å². The van der Waals surface area contributed by atoms with Crippen LogP contribution in [0, 0.1) is 26.7 Å². The van der Waals surface area contributed by atoms with Gasteiger partial charge in [0.1, 0.15) is 5.69 Å². The van der Waals surface area contributed by atoms with Crippen LogP contribution in [0.1, 0.15) is 59.9 Å². The molecule has 0 bridgehead atoms. The molecule has 156 valence electrons. The summed E-state index contributed by atoms with van der Waals surface area (Å²) in [4.78, 5) is 35.2. The summed E-state index contributed by atoms with van der Waals surface area (Å²) in [5.41, 5.74) is 4.03. The second-order valence-corrected chi connectivity index (χ2v) is 8.54. The molecule has 3 heterocycles. The number of carbonyl (C=O) groups is 2. The number of aromatic amines is 1. The number of likely N-dealkylation sites (tertiary alicyclic amines) is 1. The van der Waals surface area contributed by atoms with Gasteiger partial charge in [0.15, 0.2) is 0 Å². The predicted molar refractivity (Wildman–Crippen MR) is 112 cm³/mol. The fourth-order valence-corrected chi connectivity index (χ4v) is 4.47. The third kappa shape index (κ3) is 4.59. The zero-order valence-electron chi connectivity index (χ0n) is 18.0. The molecule has 1 N–H and O–H groups in total. The first-order chi connectivity index (χ1) is 13.4. The minimum Gasteiger partial charge on any atom is -0.354 e. The third-order valence-corrected chi connectivity index (χ3v) is 6.66. The zero-order chi connectivity index (χ0) is 20.3. The van der Waals surface area contributed by atoms with Crippen molar-refractivity contribution in [2.24, 2.45) is 5.92 Å². The van der Waals surface area contributed by atoms with Gasteiger partial charge in [-0.3, -0.25) is 14.5 Å². The van der Waals surface area contributed by atoms with Crippen molar-refractivity contribution in [3.8, 4) is 0 Å². The van der Waals surface area contributed by atoms with Crippen molar-refractivity contribution in [2.45, 2.75) is 53.4 Å². The van der Waals surface area contributed by atoms with Crippen molar-refractivity contribution in [2.75, 3.05) is 45.8 Å². The Morgan fingerprint density at radius 3 is 2.11 bits per heavy atom. The maximum atomic E-state index is 12.9. The molecule has 0 saturated carbocycles. The van der Waals surface area contributed by atoms with Crippen molar-refractivity contribution in [1.82, 2.24) is 19.7 Å². The molecule has 2 fully saturated rings. The average Bonchev–Trinajstić information content (AvgIpc) is 2.96. The van der Waals surface area contributed by atoms with E-state index in [0.29, 0.717) is 18.2 Å². The van der Waals surface area contributed by atoms with Crippen LogP contribution < -0.4 is 0 Å². The Kier molecular flexibility index (Phi) is 6.81. The van der Waals surface area contributed by atoms with E-state index in [2.05, 4.69) is 23.7 Å². The van der Waals surface area contributed by atoms with E-state index >= 15 is 0 Å². The van der Waals surface area contributed by atoms with Gasteiger partial charge in [-0.2, -0.15) is 0 Å². The van der Waals surface area contributed by atoms with Gasteiger partial charge >= 0.3 is 0 Å². The van der Waals surface area contributed by atoms with Gasteiger partial charge in [0.25, 0.3) is 5.91 Å². The summed E-state index contributed by atoms with van der Waals surface area (Å²) >= 11 is 0. The molecule has 3 rings (SSSR count). The van der Waals surface area contributed by atoms with Crippen LogP contribution in [-0.4, -0.2) is 77.3 Å². The number of hydrogen-bond acceptors (Lipinski definition) is 3. The number of aryl methyl sites for hydroxylation is 1. The number of aromatic nitrogens is 1. The first-order valence-corrected chi connectivity index (χ1v) is 10.9. The molecule has 0 aromatic carbocycles. The Morgan fingerprint density at radius 1 is 0.929 bits per heavy atom. The number of piperidine rings is 1. The van der Waals surface area contributed by atoms with Crippen LogP contribution in [0.5, 0.6) is 0 Å². The largest absolute Gasteiger partial charge is 0.354 e. The number of carbonyl (C=O) groups excluding carboxylic acids is 2. The topological polar surface area (TPSA) is 59.6 Å². The maximum Gasteiger partial charge on any atom is 0.270 e. The van der Waals surface area contributed by atoms with Crippen LogP contribution >= 0.6 is 0 Å². The maximum absolute atomic E-state index is 12.9. The Morgan fingerprint density at radius 2 is 1.57 bits per heavy atom. The van der Waals surface area contributed by atoms with E-state index in [0.717, 1.165) is 75.6 Å². The highest BCUT2D eigenvalue weighted by Gasteiger charge is 2.29.